The second kappa shape index (κ2) is 70.8. The highest BCUT2D eigenvalue weighted by Crippen LogP contribution is 2.17. The molecule has 0 saturated heterocycles. The number of esters is 3. The predicted molar refractivity (Wildman–Crippen MR) is 362 cm³/mol. The summed E-state index contributed by atoms with van der Waals surface area (Å²) in [5, 5.41) is 0. The van der Waals surface area contributed by atoms with E-state index in [1.165, 1.54) is 225 Å². The molecule has 0 fully saturated rings. The van der Waals surface area contributed by atoms with E-state index in [0.29, 0.717) is 19.3 Å². The minimum absolute atomic E-state index is 0.0936. The molecule has 6 heteroatoms. The summed E-state index contributed by atoms with van der Waals surface area (Å²) in [6.07, 6.45) is 95.9. The maximum Gasteiger partial charge on any atom is 0.306 e. The molecule has 0 saturated carbocycles. The molecule has 1 unspecified atom stereocenters. The molecule has 478 valence electrons. The fourth-order valence-electron chi connectivity index (χ4n) is 10.2. The maximum absolute atomic E-state index is 13.0. The molecular weight excluding hydrogens is 1020 g/mol. The van der Waals surface area contributed by atoms with Gasteiger partial charge in [0, 0.05) is 19.3 Å². The van der Waals surface area contributed by atoms with Crippen molar-refractivity contribution in [3.63, 3.8) is 0 Å². The Hall–Kier alpha value is -3.67. The van der Waals surface area contributed by atoms with E-state index in [1.807, 2.05) is 0 Å². The van der Waals surface area contributed by atoms with E-state index >= 15 is 0 Å². The third-order valence-corrected chi connectivity index (χ3v) is 15.5. The largest absolute Gasteiger partial charge is 0.462 e. The molecule has 0 aromatic carbocycles. The predicted octanol–water partition coefficient (Wildman–Crippen LogP) is 24.8. The Morgan fingerprint density at radius 2 is 0.482 bits per heavy atom. The molecule has 0 bridgehead atoms. The SMILES string of the molecule is CC/C=C\C/C=C\C/C=C\C/C=C\C/C=C\CCCC(=O)OCC(COC(=O)CCCCCCCCCCCCCCCCCCC/C=C\C/C=C\CCCCCCC)OC(=O)CCCCCCCCCCC/C=C\CCCCCCCC. The third-order valence-electron chi connectivity index (χ3n) is 15.5. The van der Waals surface area contributed by atoms with Gasteiger partial charge in [0.05, 0.1) is 0 Å². The number of carbonyl (C=O) groups is 3. The summed E-state index contributed by atoms with van der Waals surface area (Å²) >= 11 is 0. The Morgan fingerprint density at radius 3 is 0.795 bits per heavy atom. The molecule has 1 atom stereocenters. The molecule has 0 amide bonds. The summed E-state index contributed by atoms with van der Waals surface area (Å²) in [6.45, 7) is 6.51. The average molecular weight is 1160 g/mol. The standard InChI is InChI=1S/C77H134O6/c1-4-7-10-13-16-19-22-25-28-31-33-34-35-36-37-38-39-40-41-42-44-46-49-52-55-58-61-64-67-70-76(79)82-73-74(72-81-75(78)69-66-63-60-57-54-51-48-45-30-27-24-21-18-15-12-9-6-3)83-77(80)71-68-65-62-59-56-53-50-47-43-32-29-26-23-20-17-14-11-8-5-2/h9,12,18,21-22,25-27,29-31,33,48,51,57,60,74H,4-8,10-11,13-17,19-20,23-24,28,32,34-47,49-50,52-56,58-59,61-73H2,1-3H3/b12-9-,21-18-,25-22-,29-26-,30-27-,33-31-,51-48-,60-57-. The summed E-state index contributed by atoms with van der Waals surface area (Å²) in [7, 11) is 0. The number of ether oxygens (including phenoxy) is 3. The zero-order chi connectivity index (χ0) is 59.9. The number of rotatable bonds is 65. The molecule has 0 radical (unpaired) electrons. The fraction of sp³-hybridized carbons (Fsp3) is 0.753. The van der Waals surface area contributed by atoms with Gasteiger partial charge in [0.2, 0.25) is 0 Å². The molecule has 0 rings (SSSR count). The van der Waals surface area contributed by atoms with Crippen molar-refractivity contribution in [2.45, 2.75) is 361 Å². The first-order chi connectivity index (χ1) is 41.0. The summed E-state index contributed by atoms with van der Waals surface area (Å²) < 4.78 is 16.9. The molecule has 0 aromatic heterocycles. The third kappa shape index (κ3) is 69.0. The van der Waals surface area contributed by atoms with Gasteiger partial charge in [-0.3, -0.25) is 14.4 Å². The number of hydrogen-bond donors (Lipinski definition) is 0. The van der Waals surface area contributed by atoms with Gasteiger partial charge in [-0.2, -0.15) is 0 Å². The topological polar surface area (TPSA) is 78.9 Å². The van der Waals surface area contributed by atoms with Crippen molar-refractivity contribution in [3.8, 4) is 0 Å². The number of allylic oxidation sites excluding steroid dienone is 16. The van der Waals surface area contributed by atoms with Crippen LogP contribution in [0.4, 0.5) is 0 Å². The Balaban J connectivity index is 4.32. The monoisotopic (exact) mass is 1160 g/mol. The van der Waals surface area contributed by atoms with Crippen molar-refractivity contribution in [1.82, 2.24) is 0 Å². The van der Waals surface area contributed by atoms with E-state index in [2.05, 4.69) is 118 Å². The van der Waals surface area contributed by atoms with Crippen LogP contribution in [0, 0.1) is 0 Å². The molecular formula is C77H134O6. The van der Waals surface area contributed by atoms with Crippen LogP contribution in [0.1, 0.15) is 355 Å². The van der Waals surface area contributed by atoms with E-state index < -0.39 is 6.10 Å². The Bertz CT molecular complexity index is 1610. The Kier molecular flexibility index (Phi) is 67.7. The van der Waals surface area contributed by atoms with Gasteiger partial charge < -0.3 is 14.2 Å². The molecule has 0 aliphatic carbocycles. The highest BCUT2D eigenvalue weighted by molar-refractivity contribution is 5.71. The second-order valence-corrected chi connectivity index (χ2v) is 23.8. The van der Waals surface area contributed by atoms with E-state index in [9.17, 15) is 14.4 Å². The van der Waals surface area contributed by atoms with Gasteiger partial charge in [-0.05, 0) is 116 Å². The summed E-state index contributed by atoms with van der Waals surface area (Å²) in [6, 6.07) is 0. The molecule has 0 aromatic rings. The Labute approximate surface area is 515 Å². The summed E-state index contributed by atoms with van der Waals surface area (Å²) in [5.41, 5.74) is 0. The fourth-order valence-corrected chi connectivity index (χ4v) is 10.2. The van der Waals surface area contributed by atoms with Crippen LogP contribution in [0.3, 0.4) is 0 Å². The lowest BCUT2D eigenvalue weighted by Gasteiger charge is -2.18. The minimum atomic E-state index is -0.803. The van der Waals surface area contributed by atoms with Crippen LogP contribution >= 0.6 is 0 Å². The van der Waals surface area contributed by atoms with E-state index in [4.69, 9.17) is 14.2 Å². The van der Waals surface area contributed by atoms with Crippen LogP contribution in [0.25, 0.3) is 0 Å². The normalized spacial score (nSPS) is 12.7. The van der Waals surface area contributed by atoms with Gasteiger partial charge in [0.1, 0.15) is 13.2 Å². The van der Waals surface area contributed by atoms with Crippen LogP contribution in [0.15, 0.2) is 97.2 Å². The van der Waals surface area contributed by atoms with Crippen molar-refractivity contribution in [3.05, 3.63) is 97.2 Å². The molecule has 0 spiro atoms. The number of unbranched alkanes of at least 4 members (excludes halogenated alkanes) is 38. The van der Waals surface area contributed by atoms with Gasteiger partial charge in [0.15, 0.2) is 6.10 Å². The van der Waals surface area contributed by atoms with Crippen molar-refractivity contribution >= 4 is 17.9 Å². The molecule has 0 aliphatic heterocycles. The van der Waals surface area contributed by atoms with E-state index in [0.717, 1.165) is 83.5 Å². The quantitative estimate of drug-likeness (QED) is 0.0261. The zero-order valence-electron chi connectivity index (χ0n) is 54.9. The van der Waals surface area contributed by atoms with E-state index in [1.54, 1.807) is 0 Å². The first-order valence-corrected chi connectivity index (χ1v) is 35.7. The van der Waals surface area contributed by atoms with Gasteiger partial charge in [-0.25, -0.2) is 0 Å². The molecule has 0 N–H and O–H groups in total. The lowest BCUT2D eigenvalue weighted by molar-refractivity contribution is -0.167. The highest BCUT2D eigenvalue weighted by atomic mass is 16.6. The minimum Gasteiger partial charge on any atom is -0.462 e. The van der Waals surface area contributed by atoms with Crippen molar-refractivity contribution in [2.75, 3.05) is 13.2 Å². The van der Waals surface area contributed by atoms with Crippen molar-refractivity contribution in [2.24, 2.45) is 0 Å². The summed E-state index contributed by atoms with van der Waals surface area (Å²) in [5.74, 6) is -0.940. The van der Waals surface area contributed by atoms with Crippen LogP contribution in [0.2, 0.25) is 0 Å². The van der Waals surface area contributed by atoms with Crippen molar-refractivity contribution in [1.29, 1.82) is 0 Å². The van der Waals surface area contributed by atoms with Crippen LogP contribution in [0.5, 0.6) is 0 Å². The highest BCUT2D eigenvalue weighted by Gasteiger charge is 2.19. The molecule has 0 heterocycles. The van der Waals surface area contributed by atoms with E-state index in [-0.39, 0.29) is 37.5 Å². The number of hydrogen-bond acceptors (Lipinski definition) is 6. The lowest BCUT2D eigenvalue weighted by Crippen LogP contribution is -2.30. The van der Waals surface area contributed by atoms with Crippen LogP contribution in [-0.2, 0) is 28.6 Å². The second-order valence-electron chi connectivity index (χ2n) is 23.8. The summed E-state index contributed by atoms with van der Waals surface area (Å²) in [4.78, 5) is 38.4. The van der Waals surface area contributed by atoms with Crippen LogP contribution < -0.4 is 0 Å². The zero-order valence-corrected chi connectivity index (χ0v) is 54.9. The lowest BCUT2D eigenvalue weighted by atomic mass is 10.0. The number of carbonyl (C=O) groups excluding carboxylic acids is 3. The average Bonchev–Trinajstić information content (AvgIpc) is 3.50. The van der Waals surface area contributed by atoms with Gasteiger partial charge >= 0.3 is 17.9 Å². The van der Waals surface area contributed by atoms with Crippen molar-refractivity contribution < 1.29 is 28.6 Å². The first kappa shape index (κ1) is 79.3. The van der Waals surface area contributed by atoms with Gasteiger partial charge in [-0.15, -0.1) is 0 Å². The smallest absolute Gasteiger partial charge is 0.306 e. The maximum atomic E-state index is 13.0. The molecule has 83 heavy (non-hydrogen) atoms. The first-order valence-electron chi connectivity index (χ1n) is 35.7. The van der Waals surface area contributed by atoms with Gasteiger partial charge in [-0.1, -0.05) is 317 Å². The molecule has 6 nitrogen and oxygen atoms in total. The molecule has 0 aliphatic rings. The van der Waals surface area contributed by atoms with Gasteiger partial charge in [0.25, 0.3) is 0 Å². The van der Waals surface area contributed by atoms with Crippen LogP contribution in [-0.4, -0.2) is 37.2 Å². The Morgan fingerprint density at radius 1 is 0.253 bits per heavy atom.